The third-order valence-corrected chi connectivity index (χ3v) is 7.52. The summed E-state index contributed by atoms with van der Waals surface area (Å²) in [5, 5.41) is 9.29. The molecule has 0 unspecified atom stereocenters. The number of aromatic nitrogens is 3. The van der Waals surface area contributed by atoms with Crippen LogP contribution in [0.15, 0.2) is 29.4 Å². The van der Waals surface area contributed by atoms with Crippen LogP contribution in [-0.2, 0) is 4.79 Å². The molecule has 2 heterocycles. The fourth-order valence-corrected chi connectivity index (χ4v) is 5.61. The second-order valence-corrected chi connectivity index (χ2v) is 9.78. The second kappa shape index (κ2) is 10.1. The van der Waals surface area contributed by atoms with Gasteiger partial charge in [-0.1, -0.05) is 50.1 Å². The minimum absolute atomic E-state index is 0.145. The van der Waals surface area contributed by atoms with Gasteiger partial charge in [-0.3, -0.25) is 9.36 Å². The number of nitrogens with zero attached hydrogens (tertiary/aromatic N) is 5. The van der Waals surface area contributed by atoms with E-state index in [1.807, 2.05) is 17.9 Å². The molecule has 2 aromatic rings. The van der Waals surface area contributed by atoms with Crippen molar-refractivity contribution < 1.29 is 9.18 Å². The summed E-state index contributed by atoms with van der Waals surface area (Å²) in [6, 6.07) is 6.98. The molecule has 168 valence electrons. The van der Waals surface area contributed by atoms with Gasteiger partial charge in [-0.25, -0.2) is 4.39 Å². The first-order chi connectivity index (χ1) is 15.1. The summed E-state index contributed by atoms with van der Waals surface area (Å²) in [7, 11) is 0. The van der Waals surface area contributed by atoms with Crippen molar-refractivity contribution in [1.82, 2.24) is 24.6 Å². The second-order valence-electron chi connectivity index (χ2n) is 8.47. The Bertz CT molecular complexity index is 890. The highest BCUT2D eigenvalue weighted by Crippen LogP contribution is 2.37. The SMILES string of the molecule is CCN1CCN(C(=O)[C@H](C)Sc2nnc(-c3ccccc3F)n2C2CCCCC2)CC1. The van der Waals surface area contributed by atoms with Crippen molar-refractivity contribution in [2.75, 3.05) is 32.7 Å². The van der Waals surface area contributed by atoms with E-state index in [1.165, 1.54) is 24.2 Å². The van der Waals surface area contributed by atoms with E-state index in [-0.39, 0.29) is 23.0 Å². The highest BCUT2D eigenvalue weighted by molar-refractivity contribution is 8.00. The van der Waals surface area contributed by atoms with Crippen LogP contribution in [0.2, 0.25) is 0 Å². The Morgan fingerprint density at radius 2 is 1.84 bits per heavy atom. The van der Waals surface area contributed by atoms with Crippen molar-refractivity contribution in [3.8, 4) is 11.4 Å². The van der Waals surface area contributed by atoms with Gasteiger partial charge in [0, 0.05) is 32.2 Å². The molecule has 2 aliphatic rings. The first-order valence-corrected chi connectivity index (χ1v) is 12.3. The van der Waals surface area contributed by atoms with Gasteiger partial charge in [0.2, 0.25) is 5.91 Å². The van der Waals surface area contributed by atoms with Crippen LogP contribution in [0.4, 0.5) is 4.39 Å². The molecular weight excluding hydrogens is 413 g/mol. The Kier molecular flexibility index (Phi) is 7.27. The molecule has 1 aromatic carbocycles. The van der Waals surface area contributed by atoms with Crippen molar-refractivity contribution in [3.05, 3.63) is 30.1 Å². The molecule has 4 rings (SSSR count). The lowest BCUT2D eigenvalue weighted by Gasteiger charge is -2.35. The number of hydrogen-bond donors (Lipinski definition) is 0. The molecule has 1 saturated carbocycles. The summed E-state index contributed by atoms with van der Waals surface area (Å²) in [6.07, 6.45) is 5.61. The summed E-state index contributed by atoms with van der Waals surface area (Å²) in [5.74, 6) is 0.427. The fourth-order valence-electron chi connectivity index (χ4n) is 4.60. The Morgan fingerprint density at radius 1 is 1.13 bits per heavy atom. The van der Waals surface area contributed by atoms with Gasteiger partial charge in [-0.15, -0.1) is 10.2 Å². The normalized spacial score (nSPS) is 19.5. The lowest BCUT2D eigenvalue weighted by Crippen LogP contribution is -2.50. The maximum absolute atomic E-state index is 14.6. The highest BCUT2D eigenvalue weighted by atomic mass is 32.2. The lowest BCUT2D eigenvalue weighted by molar-refractivity contribution is -0.132. The third-order valence-electron chi connectivity index (χ3n) is 6.48. The molecule has 0 spiro atoms. The summed E-state index contributed by atoms with van der Waals surface area (Å²) in [5.41, 5.74) is 0.474. The van der Waals surface area contributed by atoms with Crippen LogP contribution in [0, 0.1) is 5.82 Å². The monoisotopic (exact) mass is 445 g/mol. The predicted octanol–water partition coefficient (Wildman–Crippen LogP) is 4.23. The van der Waals surface area contributed by atoms with Gasteiger partial charge in [-0.05, 0) is 38.4 Å². The zero-order valence-electron chi connectivity index (χ0n) is 18.5. The third kappa shape index (κ3) is 4.95. The summed E-state index contributed by atoms with van der Waals surface area (Å²) >= 11 is 1.46. The molecule has 8 heteroatoms. The number of piperazine rings is 1. The van der Waals surface area contributed by atoms with Gasteiger partial charge in [0.1, 0.15) is 5.82 Å². The molecule has 1 atom stereocenters. The van der Waals surface area contributed by atoms with Crippen LogP contribution in [0.5, 0.6) is 0 Å². The largest absolute Gasteiger partial charge is 0.339 e. The molecule has 0 N–H and O–H groups in total. The number of amides is 1. The average Bonchev–Trinajstić information content (AvgIpc) is 3.22. The average molecular weight is 446 g/mol. The van der Waals surface area contributed by atoms with Crippen LogP contribution >= 0.6 is 11.8 Å². The minimum atomic E-state index is -0.290. The van der Waals surface area contributed by atoms with Crippen LogP contribution in [0.25, 0.3) is 11.4 Å². The Balaban J connectivity index is 1.56. The number of carbonyl (C=O) groups excluding carboxylic acids is 1. The number of carbonyl (C=O) groups is 1. The van der Waals surface area contributed by atoms with E-state index in [9.17, 15) is 9.18 Å². The number of likely N-dealkylation sites (N-methyl/N-ethyl adjacent to an activating group) is 1. The smallest absolute Gasteiger partial charge is 0.235 e. The molecule has 1 aromatic heterocycles. The molecule has 1 amide bonds. The molecule has 1 saturated heterocycles. The fraction of sp³-hybridized carbons (Fsp3) is 0.609. The molecular formula is C23H32FN5OS. The van der Waals surface area contributed by atoms with E-state index in [1.54, 1.807) is 12.1 Å². The number of benzene rings is 1. The van der Waals surface area contributed by atoms with E-state index in [0.29, 0.717) is 11.4 Å². The van der Waals surface area contributed by atoms with Gasteiger partial charge in [0.05, 0.1) is 10.8 Å². The molecule has 0 bridgehead atoms. The van der Waals surface area contributed by atoms with Crippen LogP contribution in [0.3, 0.4) is 0 Å². The van der Waals surface area contributed by atoms with Gasteiger partial charge < -0.3 is 9.80 Å². The molecule has 6 nitrogen and oxygen atoms in total. The van der Waals surface area contributed by atoms with E-state index in [0.717, 1.165) is 63.6 Å². The van der Waals surface area contributed by atoms with Gasteiger partial charge in [0.15, 0.2) is 11.0 Å². The van der Waals surface area contributed by atoms with Gasteiger partial charge >= 0.3 is 0 Å². The molecule has 1 aliphatic carbocycles. The van der Waals surface area contributed by atoms with Crippen LogP contribution in [0.1, 0.15) is 52.0 Å². The number of halogens is 1. The van der Waals surface area contributed by atoms with Crippen molar-refractivity contribution >= 4 is 17.7 Å². The van der Waals surface area contributed by atoms with E-state index in [4.69, 9.17) is 0 Å². The Hall–Kier alpha value is -1.93. The van der Waals surface area contributed by atoms with Crippen molar-refractivity contribution in [2.45, 2.75) is 62.4 Å². The first kappa shape index (κ1) is 22.3. The molecule has 1 aliphatic heterocycles. The van der Waals surface area contributed by atoms with E-state index >= 15 is 0 Å². The van der Waals surface area contributed by atoms with Crippen molar-refractivity contribution in [3.63, 3.8) is 0 Å². The highest BCUT2D eigenvalue weighted by Gasteiger charge is 2.30. The summed E-state index contributed by atoms with van der Waals surface area (Å²) < 4.78 is 16.7. The number of hydrogen-bond acceptors (Lipinski definition) is 5. The van der Waals surface area contributed by atoms with Gasteiger partial charge in [0.25, 0.3) is 0 Å². The minimum Gasteiger partial charge on any atom is -0.339 e. The summed E-state index contributed by atoms with van der Waals surface area (Å²) in [6.45, 7) is 8.52. The zero-order valence-corrected chi connectivity index (χ0v) is 19.3. The number of thioether (sulfide) groups is 1. The standard InChI is InChI=1S/C23H32FN5OS/c1-3-27-13-15-28(16-14-27)22(30)17(2)31-23-26-25-21(19-11-7-8-12-20(19)24)29(23)18-9-5-4-6-10-18/h7-8,11-12,17-18H,3-6,9-10,13-16H2,1-2H3/t17-/m0/s1. The molecule has 0 radical (unpaired) electrons. The van der Waals surface area contributed by atoms with E-state index < -0.39 is 0 Å². The topological polar surface area (TPSA) is 54.3 Å². The number of rotatable bonds is 6. The Morgan fingerprint density at radius 3 is 2.52 bits per heavy atom. The summed E-state index contributed by atoms with van der Waals surface area (Å²) in [4.78, 5) is 17.4. The van der Waals surface area contributed by atoms with Gasteiger partial charge in [-0.2, -0.15) is 0 Å². The van der Waals surface area contributed by atoms with Crippen LogP contribution < -0.4 is 0 Å². The predicted molar refractivity (Wildman–Crippen MR) is 122 cm³/mol. The molecule has 31 heavy (non-hydrogen) atoms. The lowest BCUT2D eigenvalue weighted by atomic mass is 9.95. The zero-order chi connectivity index (χ0) is 21.8. The maximum atomic E-state index is 14.6. The van der Waals surface area contributed by atoms with Crippen molar-refractivity contribution in [1.29, 1.82) is 0 Å². The van der Waals surface area contributed by atoms with Crippen LogP contribution in [-0.4, -0.2) is 68.4 Å². The Labute approximate surface area is 188 Å². The quantitative estimate of drug-likeness (QED) is 0.623. The first-order valence-electron chi connectivity index (χ1n) is 11.5. The molecule has 2 fully saturated rings. The van der Waals surface area contributed by atoms with E-state index in [2.05, 4.69) is 26.6 Å². The van der Waals surface area contributed by atoms with Crippen molar-refractivity contribution in [2.24, 2.45) is 0 Å². The maximum Gasteiger partial charge on any atom is 0.235 e.